The molecule has 0 amide bonds. The fourth-order valence-corrected chi connectivity index (χ4v) is 2.76. The average Bonchev–Trinajstić information content (AvgIpc) is 2.45. The van der Waals surface area contributed by atoms with Gasteiger partial charge in [0, 0.05) is 31.3 Å². The fourth-order valence-electron chi connectivity index (χ4n) is 2.76. The molecule has 0 aliphatic carbocycles. The Balaban J connectivity index is 2.13. The van der Waals surface area contributed by atoms with Crippen molar-refractivity contribution in [3.05, 3.63) is 34.1 Å². The van der Waals surface area contributed by atoms with E-state index in [9.17, 15) is 14.5 Å². The summed E-state index contributed by atoms with van der Waals surface area (Å²) in [4.78, 5) is 12.6. The molecule has 2 rings (SSSR count). The van der Waals surface area contributed by atoms with E-state index in [4.69, 9.17) is 0 Å². The summed E-state index contributed by atoms with van der Waals surface area (Å²) in [5, 5.41) is 14.5. The van der Waals surface area contributed by atoms with E-state index in [1.54, 1.807) is 0 Å². The minimum Gasteiger partial charge on any atom is -0.366 e. The topological polar surface area (TPSA) is 58.4 Å². The number of anilines is 1. The third-order valence-electron chi connectivity index (χ3n) is 3.81. The summed E-state index contributed by atoms with van der Waals surface area (Å²) >= 11 is 0. The van der Waals surface area contributed by atoms with Gasteiger partial charge in [-0.25, -0.2) is 4.39 Å². The van der Waals surface area contributed by atoms with Crippen LogP contribution in [0, 0.1) is 21.8 Å². The second-order valence-electron chi connectivity index (χ2n) is 5.91. The summed E-state index contributed by atoms with van der Waals surface area (Å²) in [7, 11) is 0. The van der Waals surface area contributed by atoms with Crippen LogP contribution in [0.25, 0.3) is 0 Å². The predicted octanol–water partition coefficient (Wildman–Crippen LogP) is 2.95. The van der Waals surface area contributed by atoms with Crippen molar-refractivity contribution in [3.63, 3.8) is 0 Å². The van der Waals surface area contributed by atoms with Crippen molar-refractivity contribution < 1.29 is 9.31 Å². The van der Waals surface area contributed by atoms with Crippen LogP contribution in [-0.4, -0.2) is 30.6 Å². The number of nitrogens with zero attached hydrogens (tertiary/aromatic N) is 2. The standard InChI is InChI=1S/C15H22FN3O2/c1-11(2)17-9-12-4-3-7-18(10-12)15-8-13(16)5-6-14(15)19(20)21/h5-6,8,11-12,17H,3-4,7,9-10H2,1-2H3. The van der Waals surface area contributed by atoms with Crippen molar-refractivity contribution in [2.75, 3.05) is 24.5 Å². The van der Waals surface area contributed by atoms with Gasteiger partial charge in [0.1, 0.15) is 11.5 Å². The van der Waals surface area contributed by atoms with Gasteiger partial charge < -0.3 is 10.2 Å². The number of piperidine rings is 1. The van der Waals surface area contributed by atoms with E-state index < -0.39 is 10.7 Å². The van der Waals surface area contributed by atoms with Crippen LogP contribution >= 0.6 is 0 Å². The molecule has 116 valence electrons. The molecule has 0 aromatic heterocycles. The number of rotatable bonds is 5. The summed E-state index contributed by atoms with van der Waals surface area (Å²) in [6.45, 7) is 6.54. The lowest BCUT2D eigenvalue weighted by Crippen LogP contribution is -2.41. The molecule has 1 aliphatic rings. The summed E-state index contributed by atoms with van der Waals surface area (Å²) < 4.78 is 13.5. The molecule has 1 saturated heterocycles. The minimum absolute atomic E-state index is 0.0196. The number of nitrogens with one attached hydrogen (secondary N) is 1. The Labute approximate surface area is 124 Å². The predicted molar refractivity (Wildman–Crippen MR) is 81.1 cm³/mol. The highest BCUT2D eigenvalue weighted by Crippen LogP contribution is 2.32. The molecule has 1 N–H and O–H groups in total. The molecule has 0 bridgehead atoms. The number of nitro benzene ring substituents is 1. The van der Waals surface area contributed by atoms with Gasteiger partial charge in [-0.15, -0.1) is 0 Å². The van der Waals surface area contributed by atoms with E-state index >= 15 is 0 Å². The van der Waals surface area contributed by atoms with Crippen molar-refractivity contribution in [2.24, 2.45) is 5.92 Å². The molecule has 1 atom stereocenters. The van der Waals surface area contributed by atoms with Gasteiger partial charge in [0.05, 0.1) is 4.92 Å². The second-order valence-corrected chi connectivity index (χ2v) is 5.91. The Hall–Kier alpha value is -1.69. The zero-order chi connectivity index (χ0) is 15.4. The van der Waals surface area contributed by atoms with Crippen molar-refractivity contribution in [3.8, 4) is 0 Å². The average molecular weight is 295 g/mol. The number of halogens is 1. The lowest BCUT2D eigenvalue weighted by molar-refractivity contribution is -0.384. The maximum absolute atomic E-state index is 13.5. The molecule has 1 heterocycles. The van der Waals surface area contributed by atoms with Crippen LogP contribution in [0.1, 0.15) is 26.7 Å². The van der Waals surface area contributed by atoms with Gasteiger partial charge in [-0.3, -0.25) is 10.1 Å². The summed E-state index contributed by atoms with van der Waals surface area (Å²) in [6.07, 6.45) is 2.07. The van der Waals surface area contributed by atoms with E-state index in [0.29, 0.717) is 17.6 Å². The molecule has 0 spiro atoms. The summed E-state index contributed by atoms with van der Waals surface area (Å²) in [6, 6.07) is 4.09. The molecular weight excluding hydrogens is 273 g/mol. The second kappa shape index (κ2) is 6.85. The first-order chi connectivity index (χ1) is 9.97. The van der Waals surface area contributed by atoms with Crippen LogP contribution in [0.15, 0.2) is 18.2 Å². The quantitative estimate of drug-likeness (QED) is 0.670. The smallest absolute Gasteiger partial charge is 0.292 e. The Morgan fingerprint density at radius 3 is 2.95 bits per heavy atom. The fraction of sp³-hybridized carbons (Fsp3) is 0.600. The highest BCUT2D eigenvalue weighted by Gasteiger charge is 2.25. The van der Waals surface area contributed by atoms with Gasteiger partial charge in [0.15, 0.2) is 0 Å². The molecular formula is C15H22FN3O2. The van der Waals surface area contributed by atoms with Gasteiger partial charge >= 0.3 is 0 Å². The van der Waals surface area contributed by atoms with Gasteiger partial charge in [-0.2, -0.15) is 0 Å². The summed E-state index contributed by atoms with van der Waals surface area (Å²) in [5.74, 6) is 0.00190. The van der Waals surface area contributed by atoms with Crippen molar-refractivity contribution in [1.82, 2.24) is 5.32 Å². The molecule has 1 aliphatic heterocycles. The van der Waals surface area contributed by atoms with E-state index in [1.165, 1.54) is 12.1 Å². The zero-order valence-corrected chi connectivity index (χ0v) is 12.5. The van der Waals surface area contributed by atoms with Gasteiger partial charge in [0.2, 0.25) is 0 Å². The molecule has 5 nitrogen and oxygen atoms in total. The summed E-state index contributed by atoms with van der Waals surface area (Å²) in [5.41, 5.74) is 0.378. The van der Waals surface area contributed by atoms with Crippen LogP contribution in [0.5, 0.6) is 0 Å². The van der Waals surface area contributed by atoms with Crippen LogP contribution in [0.4, 0.5) is 15.8 Å². The Kier molecular flexibility index (Phi) is 5.12. The van der Waals surface area contributed by atoms with E-state index in [0.717, 1.165) is 38.5 Å². The third kappa shape index (κ3) is 4.14. The number of hydrogen-bond acceptors (Lipinski definition) is 4. The van der Waals surface area contributed by atoms with E-state index in [2.05, 4.69) is 19.2 Å². The lowest BCUT2D eigenvalue weighted by atomic mass is 9.97. The van der Waals surface area contributed by atoms with Gasteiger partial charge in [0.25, 0.3) is 5.69 Å². The molecule has 1 aromatic rings. The van der Waals surface area contributed by atoms with Crippen LogP contribution in [0.3, 0.4) is 0 Å². The van der Waals surface area contributed by atoms with Gasteiger partial charge in [-0.05, 0) is 31.4 Å². The zero-order valence-electron chi connectivity index (χ0n) is 12.5. The maximum atomic E-state index is 13.5. The van der Waals surface area contributed by atoms with Crippen molar-refractivity contribution in [1.29, 1.82) is 0 Å². The van der Waals surface area contributed by atoms with E-state index in [-0.39, 0.29) is 5.69 Å². The Bertz CT molecular complexity index is 508. The lowest BCUT2D eigenvalue weighted by Gasteiger charge is -2.34. The Morgan fingerprint density at radius 1 is 1.52 bits per heavy atom. The van der Waals surface area contributed by atoms with Crippen molar-refractivity contribution >= 4 is 11.4 Å². The largest absolute Gasteiger partial charge is 0.366 e. The molecule has 1 fully saturated rings. The number of hydrogen-bond donors (Lipinski definition) is 1. The van der Waals surface area contributed by atoms with Gasteiger partial charge in [-0.1, -0.05) is 13.8 Å². The first kappa shape index (κ1) is 15.7. The normalized spacial score (nSPS) is 19.0. The molecule has 0 radical (unpaired) electrons. The number of nitro groups is 1. The maximum Gasteiger partial charge on any atom is 0.292 e. The molecule has 1 aromatic carbocycles. The highest BCUT2D eigenvalue weighted by atomic mass is 19.1. The molecule has 0 saturated carbocycles. The third-order valence-corrected chi connectivity index (χ3v) is 3.81. The van der Waals surface area contributed by atoms with Crippen molar-refractivity contribution in [2.45, 2.75) is 32.7 Å². The Morgan fingerprint density at radius 2 is 2.29 bits per heavy atom. The first-order valence-corrected chi connectivity index (χ1v) is 7.39. The first-order valence-electron chi connectivity index (χ1n) is 7.39. The molecule has 1 unspecified atom stereocenters. The van der Waals surface area contributed by atoms with E-state index in [1.807, 2.05) is 4.90 Å². The highest BCUT2D eigenvalue weighted by molar-refractivity contribution is 5.63. The van der Waals surface area contributed by atoms with Crippen LogP contribution in [-0.2, 0) is 0 Å². The molecule has 21 heavy (non-hydrogen) atoms. The SMILES string of the molecule is CC(C)NCC1CCCN(c2cc(F)ccc2[N+](=O)[O-])C1. The van der Waals surface area contributed by atoms with Crippen LogP contribution < -0.4 is 10.2 Å². The number of benzene rings is 1. The van der Waals surface area contributed by atoms with Crippen LogP contribution in [0.2, 0.25) is 0 Å². The monoisotopic (exact) mass is 295 g/mol. The molecule has 6 heteroatoms. The minimum atomic E-state index is -0.440.